The molecule has 1 aliphatic heterocycles. The molecule has 128 valence electrons. The predicted octanol–water partition coefficient (Wildman–Crippen LogP) is -2.24. The van der Waals surface area contributed by atoms with Crippen molar-refractivity contribution in [2.45, 2.75) is 30.7 Å². The van der Waals surface area contributed by atoms with E-state index in [1.807, 2.05) is 0 Å². The van der Waals surface area contributed by atoms with E-state index in [1.54, 1.807) is 0 Å². The highest BCUT2D eigenvalue weighted by Gasteiger charge is 2.46. The third-order valence-electron chi connectivity index (χ3n) is 3.39. The summed E-state index contributed by atoms with van der Waals surface area (Å²) in [6.45, 7) is -0.671. The highest BCUT2D eigenvalue weighted by Crippen LogP contribution is 2.35. The number of phenols is 3. The maximum Gasteiger partial charge on any atom is 0.338 e. The molecule has 0 spiro atoms. The van der Waals surface area contributed by atoms with Gasteiger partial charge in [-0.3, -0.25) is 0 Å². The Balaban J connectivity index is 2.16. The second kappa shape index (κ2) is 6.56. The molecule has 0 saturated carbocycles. The van der Waals surface area contributed by atoms with Gasteiger partial charge >= 0.3 is 5.97 Å². The minimum absolute atomic E-state index is 0.379. The van der Waals surface area contributed by atoms with Gasteiger partial charge in [-0.2, -0.15) is 0 Å². The topological polar surface area (TPSA) is 177 Å². The third-order valence-corrected chi connectivity index (χ3v) is 3.39. The van der Waals surface area contributed by atoms with Crippen LogP contribution in [0.5, 0.6) is 17.2 Å². The first kappa shape index (κ1) is 17.2. The maximum absolute atomic E-state index is 11.9. The first-order valence-corrected chi connectivity index (χ1v) is 6.52. The Hall–Kier alpha value is -2.11. The Labute approximate surface area is 129 Å². The molecular formula is C13H16O10. The Morgan fingerprint density at radius 1 is 1.09 bits per heavy atom. The molecule has 0 radical (unpaired) electrons. The van der Waals surface area contributed by atoms with Crippen LogP contribution in [0.4, 0.5) is 0 Å². The minimum Gasteiger partial charge on any atom is -0.504 e. The molecule has 2 rings (SSSR count). The quantitative estimate of drug-likeness (QED) is 0.236. The lowest BCUT2D eigenvalue weighted by Gasteiger charge is -2.39. The lowest BCUT2D eigenvalue weighted by atomic mass is 9.99. The molecule has 10 nitrogen and oxygen atoms in total. The van der Waals surface area contributed by atoms with Gasteiger partial charge in [-0.1, -0.05) is 0 Å². The van der Waals surface area contributed by atoms with Crippen LogP contribution in [0.25, 0.3) is 0 Å². The van der Waals surface area contributed by atoms with Crippen LogP contribution in [0.3, 0.4) is 0 Å². The summed E-state index contributed by atoms with van der Waals surface area (Å²) in [5, 5.41) is 66.0. The van der Waals surface area contributed by atoms with Crippen LogP contribution in [-0.4, -0.2) is 79.0 Å². The van der Waals surface area contributed by atoms with E-state index in [0.29, 0.717) is 0 Å². The fourth-order valence-corrected chi connectivity index (χ4v) is 2.11. The summed E-state index contributed by atoms with van der Waals surface area (Å²) in [5.74, 6) is -3.56. The minimum atomic E-state index is -1.81. The number of hydrogen-bond acceptors (Lipinski definition) is 10. The van der Waals surface area contributed by atoms with Crippen LogP contribution in [0.15, 0.2) is 12.1 Å². The summed E-state index contributed by atoms with van der Waals surface area (Å²) in [4.78, 5) is 11.9. The second-order valence-electron chi connectivity index (χ2n) is 4.96. The zero-order valence-electron chi connectivity index (χ0n) is 11.6. The molecule has 0 amide bonds. The largest absolute Gasteiger partial charge is 0.504 e. The van der Waals surface area contributed by atoms with Crippen molar-refractivity contribution in [3.63, 3.8) is 0 Å². The normalized spacial score (nSPS) is 30.9. The monoisotopic (exact) mass is 332 g/mol. The highest BCUT2D eigenvalue weighted by molar-refractivity contribution is 5.91. The van der Waals surface area contributed by atoms with Gasteiger partial charge in [0.2, 0.25) is 0 Å². The standard InChI is InChI=1S/C13H16O10/c14-3-7-9(18)10(19)11(13(21)22-7)23-12(20)4-1-5(15)8(17)6(16)2-4/h1-2,7,9-11,13-19,21H,3H2/t7-,9+,10+,11-,13-/m0/s1. The number of aliphatic hydroxyl groups is 4. The van der Waals surface area contributed by atoms with Gasteiger partial charge in [0.1, 0.15) is 18.3 Å². The van der Waals surface area contributed by atoms with Gasteiger partial charge in [-0.25, -0.2) is 4.79 Å². The van der Waals surface area contributed by atoms with Gasteiger partial charge < -0.3 is 45.2 Å². The fraction of sp³-hybridized carbons (Fsp3) is 0.462. The zero-order valence-corrected chi connectivity index (χ0v) is 11.6. The lowest BCUT2D eigenvalue weighted by Crippen LogP contribution is -2.59. The number of aliphatic hydroxyl groups excluding tert-OH is 4. The number of carbonyl (C=O) groups is 1. The summed E-state index contributed by atoms with van der Waals surface area (Å²) >= 11 is 0. The summed E-state index contributed by atoms with van der Waals surface area (Å²) in [5.41, 5.74) is -0.379. The maximum atomic E-state index is 11.9. The van der Waals surface area contributed by atoms with Crippen molar-refractivity contribution in [2.24, 2.45) is 0 Å². The summed E-state index contributed by atoms with van der Waals surface area (Å²) < 4.78 is 9.62. The average molecular weight is 332 g/mol. The molecule has 0 aliphatic carbocycles. The first-order chi connectivity index (χ1) is 10.8. The molecule has 1 aromatic rings. The van der Waals surface area contributed by atoms with Crippen molar-refractivity contribution in [3.8, 4) is 17.2 Å². The van der Waals surface area contributed by atoms with Crippen LogP contribution in [0.1, 0.15) is 10.4 Å². The number of benzene rings is 1. The molecule has 1 aromatic carbocycles. The van der Waals surface area contributed by atoms with Crippen molar-refractivity contribution in [2.75, 3.05) is 6.61 Å². The van der Waals surface area contributed by atoms with Crippen molar-refractivity contribution in [1.82, 2.24) is 0 Å². The van der Waals surface area contributed by atoms with Crippen molar-refractivity contribution in [1.29, 1.82) is 0 Å². The van der Waals surface area contributed by atoms with E-state index < -0.39 is 60.5 Å². The van der Waals surface area contributed by atoms with E-state index in [0.717, 1.165) is 12.1 Å². The van der Waals surface area contributed by atoms with E-state index in [2.05, 4.69) is 0 Å². The molecule has 0 unspecified atom stereocenters. The Bertz CT molecular complexity index is 565. The molecule has 23 heavy (non-hydrogen) atoms. The molecule has 1 heterocycles. The van der Waals surface area contributed by atoms with Gasteiger partial charge in [0.15, 0.2) is 29.6 Å². The van der Waals surface area contributed by atoms with E-state index in [9.17, 15) is 35.4 Å². The van der Waals surface area contributed by atoms with Crippen molar-refractivity contribution >= 4 is 5.97 Å². The highest BCUT2D eigenvalue weighted by atomic mass is 16.7. The van der Waals surface area contributed by atoms with Crippen LogP contribution in [-0.2, 0) is 9.47 Å². The molecule has 1 fully saturated rings. The molecule has 1 saturated heterocycles. The Kier molecular flexibility index (Phi) is 4.92. The number of carbonyl (C=O) groups excluding carboxylic acids is 1. The lowest BCUT2D eigenvalue weighted by molar-refractivity contribution is -0.285. The third kappa shape index (κ3) is 3.30. The Morgan fingerprint density at radius 3 is 2.17 bits per heavy atom. The van der Waals surface area contributed by atoms with Gasteiger partial charge in [0.25, 0.3) is 0 Å². The van der Waals surface area contributed by atoms with Crippen molar-refractivity contribution in [3.05, 3.63) is 17.7 Å². The van der Waals surface area contributed by atoms with Crippen LogP contribution in [0, 0.1) is 0 Å². The number of ether oxygens (including phenoxy) is 2. The van der Waals surface area contributed by atoms with Crippen molar-refractivity contribution < 1.29 is 50.0 Å². The fourth-order valence-electron chi connectivity index (χ4n) is 2.11. The number of phenolic OH excluding ortho intramolecular Hbond substituents is 3. The molecule has 0 aromatic heterocycles. The summed E-state index contributed by atoms with van der Waals surface area (Å²) in [6, 6.07) is 1.60. The summed E-state index contributed by atoms with van der Waals surface area (Å²) in [7, 11) is 0. The molecule has 1 aliphatic rings. The number of esters is 1. The number of rotatable bonds is 3. The molecule has 7 N–H and O–H groups in total. The molecule has 5 atom stereocenters. The van der Waals surface area contributed by atoms with E-state index >= 15 is 0 Å². The van der Waals surface area contributed by atoms with Crippen LogP contribution < -0.4 is 0 Å². The molecule has 10 heteroatoms. The Morgan fingerprint density at radius 2 is 1.65 bits per heavy atom. The van der Waals surface area contributed by atoms with Gasteiger partial charge in [0.05, 0.1) is 12.2 Å². The van der Waals surface area contributed by atoms with Crippen LogP contribution >= 0.6 is 0 Å². The summed E-state index contributed by atoms with van der Waals surface area (Å²) in [6.07, 6.45) is -8.08. The first-order valence-electron chi connectivity index (χ1n) is 6.52. The zero-order chi connectivity index (χ0) is 17.3. The number of hydrogen-bond donors (Lipinski definition) is 7. The smallest absolute Gasteiger partial charge is 0.338 e. The van der Waals surface area contributed by atoms with Gasteiger partial charge in [-0.15, -0.1) is 0 Å². The van der Waals surface area contributed by atoms with E-state index in [1.165, 1.54) is 0 Å². The SMILES string of the molecule is O=C(O[C@H]1[C@H](O)[C@H](O)[C@H](CO)O[C@@H]1O)c1cc(O)c(O)c(O)c1. The van der Waals surface area contributed by atoms with E-state index in [-0.39, 0.29) is 5.56 Å². The number of aromatic hydroxyl groups is 3. The van der Waals surface area contributed by atoms with Gasteiger partial charge in [-0.05, 0) is 12.1 Å². The average Bonchev–Trinajstić information content (AvgIpc) is 2.51. The van der Waals surface area contributed by atoms with E-state index in [4.69, 9.17) is 14.6 Å². The second-order valence-corrected chi connectivity index (χ2v) is 4.96. The molecule has 0 bridgehead atoms. The molecular weight excluding hydrogens is 316 g/mol. The van der Waals surface area contributed by atoms with Gasteiger partial charge in [0, 0.05) is 0 Å². The van der Waals surface area contributed by atoms with Crippen LogP contribution in [0.2, 0.25) is 0 Å². The predicted molar refractivity (Wildman–Crippen MR) is 70.6 cm³/mol.